The van der Waals surface area contributed by atoms with Gasteiger partial charge in [-0.3, -0.25) is 14.5 Å². The zero-order chi connectivity index (χ0) is 18.6. The molecule has 4 rings (SSSR count). The van der Waals surface area contributed by atoms with Crippen molar-refractivity contribution in [1.82, 2.24) is 0 Å². The third-order valence-corrected chi connectivity index (χ3v) is 6.26. The smallest absolute Gasteiger partial charge is 0.271 e. The van der Waals surface area contributed by atoms with E-state index in [9.17, 15) is 9.59 Å². The van der Waals surface area contributed by atoms with E-state index in [0.29, 0.717) is 20.5 Å². The molecule has 1 saturated heterocycles. The van der Waals surface area contributed by atoms with Crippen molar-refractivity contribution >= 4 is 73.0 Å². The first kappa shape index (κ1) is 17.5. The van der Waals surface area contributed by atoms with Crippen LogP contribution in [0.1, 0.15) is 11.1 Å². The Balaban J connectivity index is 1.85. The maximum absolute atomic E-state index is 13.1. The van der Waals surface area contributed by atoms with Crippen molar-refractivity contribution in [3.63, 3.8) is 0 Å². The maximum atomic E-state index is 13.1. The zero-order valence-electron chi connectivity index (χ0n) is 13.9. The van der Waals surface area contributed by atoms with Gasteiger partial charge < -0.3 is 4.90 Å². The maximum Gasteiger partial charge on any atom is 0.271 e. The predicted octanol–water partition coefficient (Wildman–Crippen LogP) is 4.51. The van der Waals surface area contributed by atoms with Gasteiger partial charge in [0.15, 0.2) is 4.32 Å². The quantitative estimate of drug-likeness (QED) is 0.479. The van der Waals surface area contributed by atoms with E-state index >= 15 is 0 Å². The molecule has 7 heteroatoms. The highest BCUT2D eigenvalue weighted by Gasteiger charge is 2.41. The number of hydrogen-bond donors (Lipinski definition) is 0. The van der Waals surface area contributed by atoms with Gasteiger partial charge in [0.05, 0.1) is 21.9 Å². The number of carbonyl (C=O) groups excluding carboxylic acids is 2. The third-order valence-electron chi connectivity index (χ3n) is 4.40. The van der Waals surface area contributed by atoms with Crippen LogP contribution in [-0.2, 0) is 9.59 Å². The molecule has 2 aliphatic heterocycles. The Hall–Kier alpha value is -1.96. The molecule has 0 N–H and O–H groups in total. The van der Waals surface area contributed by atoms with Crippen molar-refractivity contribution in [2.75, 3.05) is 16.8 Å². The van der Waals surface area contributed by atoms with Crippen LogP contribution in [0.2, 0.25) is 0 Å². The molecule has 4 nitrogen and oxygen atoms in total. The summed E-state index contributed by atoms with van der Waals surface area (Å²) in [6, 6.07) is 13.2. The highest BCUT2D eigenvalue weighted by Crippen LogP contribution is 2.45. The number of rotatable bonds is 1. The fourth-order valence-electron chi connectivity index (χ4n) is 3.05. The summed E-state index contributed by atoms with van der Waals surface area (Å²) in [5, 5.41) is 0. The summed E-state index contributed by atoms with van der Waals surface area (Å²) >= 11 is 10.1. The molecule has 2 aliphatic rings. The van der Waals surface area contributed by atoms with Crippen LogP contribution < -0.4 is 9.80 Å². The van der Waals surface area contributed by atoms with Crippen LogP contribution in [0.3, 0.4) is 0 Å². The molecule has 0 spiro atoms. The van der Waals surface area contributed by atoms with Crippen LogP contribution in [0.15, 0.2) is 51.8 Å². The second-order valence-corrected chi connectivity index (χ2v) is 8.63. The second kappa shape index (κ2) is 6.33. The number of likely N-dealkylation sites (N-methyl/N-ethyl adjacent to an activating group) is 1. The topological polar surface area (TPSA) is 40.6 Å². The summed E-state index contributed by atoms with van der Waals surface area (Å²) in [5.74, 6) is -0.448. The lowest BCUT2D eigenvalue weighted by Crippen LogP contribution is -2.28. The average molecular weight is 445 g/mol. The van der Waals surface area contributed by atoms with Crippen LogP contribution in [0, 0.1) is 6.92 Å². The lowest BCUT2D eigenvalue weighted by molar-refractivity contribution is -0.115. The molecule has 2 aromatic carbocycles. The summed E-state index contributed by atoms with van der Waals surface area (Å²) < 4.78 is 1.28. The second-order valence-electron chi connectivity index (χ2n) is 6.07. The normalized spacial score (nSPS) is 19.6. The van der Waals surface area contributed by atoms with Gasteiger partial charge >= 0.3 is 0 Å². The molecule has 26 heavy (non-hydrogen) atoms. The van der Waals surface area contributed by atoms with Gasteiger partial charge in [-0.1, -0.05) is 57.6 Å². The Labute approximate surface area is 169 Å². The minimum atomic E-state index is -0.256. The molecular weight excluding hydrogens is 432 g/mol. The van der Waals surface area contributed by atoms with E-state index in [1.165, 1.54) is 16.7 Å². The lowest BCUT2D eigenvalue weighted by atomic mass is 10.1. The van der Waals surface area contributed by atoms with Crippen molar-refractivity contribution in [3.8, 4) is 0 Å². The number of aryl methyl sites for hydroxylation is 1. The Morgan fingerprint density at radius 1 is 1.04 bits per heavy atom. The summed E-state index contributed by atoms with van der Waals surface area (Å²) in [5.41, 5.74) is 3.76. The van der Waals surface area contributed by atoms with Gasteiger partial charge in [-0.25, -0.2) is 0 Å². The van der Waals surface area contributed by atoms with E-state index in [0.717, 1.165) is 21.3 Å². The Morgan fingerprint density at radius 3 is 2.42 bits per heavy atom. The number of amides is 2. The van der Waals surface area contributed by atoms with E-state index < -0.39 is 0 Å². The standard InChI is InChI=1S/C19H13BrN2O2S2/c1-10-3-6-12(7-4-10)22-18(24)16(26-19(22)25)15-13-9-11(20)5-8-14(13)21(2)17(15)23/h3-9H,1-2H3/b16-15-. The van der Waals surface area contributed by atoms with Gasteiger partial charge in [0, 0.05) is 17.1 Å². The van der Waals surface area contributed by atoms with Crippen molar-refractivity contribution < 1.29 is 9.59 Å². The number of benzene rings is 2. The van der Waals surface area contributed by atoms with Crippen molar-refractivity contribution in [3.05, 3.63) is 63.0 Å². The van der Waals surface area contributed by atoms with Gasteiger partial charge in [0.2, 0.25) is 0 Å². The Bertz CT molecular complexity index is 1010. The number of fused-ring (bicyclic) bond motifs is 1. The summed E-state index contributed by atoms with van der Waals surface area (Å²) in [7, 11) is 1.71. The summed E-state index contributed by atoms with van der Waals surface area (Å²) in [6.07, 6.45) is 0. The highest BCUT2D eigenvalue weighted by atomic mass is 79.9. The van der Waals surface area contributed by atoms with Gasteiger partial charge in [-0.2, -0.15) is 0 Å². The Morgan fingerprint density at radius 2 is 1.73 bits per heavy atom. The van der Waals surface area contributed by atoms with E-state index in [2.05, 4.69) is 15.9 Å². The molecular formula is C19H13BrN2O2S2. The average Bonchev–Trinajstić information content (AvgIpc) is 3.02. The molecule has 0 atom stereocenters. The summed E-state index contributed by atoms with van der Waals surface area (Å²) in [6.45, 7) is 1.98. The fourth-order valence-corrected chi connectivity index (χ4v) is 4.78. The van der Waals surface area contributed by atoms with Crippen LogP contribution in [0.25, 0.3) is 5.57 Å². The number of nitrogens with zero attached hydrogens (tertiary/aromatic N) is 2. The molecule has 1 fully saturated rings. The monoisotopic (exact) mass is 444 g/mol. The number of hydrogen-bond acceptors (Lipinski definition) is 4. The van der Waals surface area contributed by atoms with Crippen molar-refractivity contribution in [2.24, 2.45) is 0 Å². The highest BCUT2D eigenvalue weighted by molar-refractivity contribution is 9.10. The van der Waals surface area contributed by atoms with E-state index in [-0.39, 0.29) is 11.8 Å². The third kappa shape index (κ3) is 2.62. The van der Waals surface area contributed by atoms with E-state index in [1.807, 2.05) is 49.4 Å². The molecule has 0 aromatic heterocycles. The molecule has 0 radical (unpaired) electrons. The SMILES string of the molecule is Cc1ccc(N2C(=O)/C(=C3/C(=O)N(C)c4ccc(Br)cc43)SC2=S)cc1. The summed E-state index contributed by atoms with van der Waals surface area (Å²) in [4.78, 5) is 29.4. The number of anilines is 2. The lowest BCUT2D eigenvalue weighted by Gasteiger charge is -2.14. The molecule has 0 bridgehead atoms. The number of thiocarbonyl (C=S) groups is 1. The molecule has 130 valence electrons. The molecule has 0 saturated carbocycles. The van der Waals surface area contributed by atoms with Gasteiger partial charge in [-0.05, 0) is 37.3 Å². The van der Waals surface area contributed by atoms with E-state index in [4.69, 9.17) is 12.2 Å². The molecule has 2 amide bonds. The van der Waals surface area contributed by atoms with Crippen molar-refractivity contribution in [2.45, 2.75) is 6.92 Å². The molecule has 2 heterocycles. The van der Waals surface area contributed by atoms with Gasteiger partial charge in [0.25, 0.3) is 11.8 Å². The number of carbonyl (C=O) groups is 2. The fraction of sp³-hybridized carbons (Fsp3) is 0.105. The molecule has 0 aliphatic carbocycles. The van der Waals surface area contributed by atoms with Gasteiger partial charge in [-0.15, -0.1) is 0 Å². The molecule has 2 aromatic rings. The van der Waals surface area contributed by atoms with Crippen LogP contribution in [0.5, 0.6) is 0 Å². The minimum absolute atomic E-state index is 0.192. The largest absolute Gasteiger partial charge is 0.311 e. The zero-order valence-corrected chi connectivity index (χ0v) is 17.2. The van der Waals surface area contributed by atoms with Crippen LogP contribution in [0.4, 0.5) is 11.4 Å². The Kier molecular flexibility index (Phi) is 4.25. The number of halogens is 1. The number of thioether (sulfide) groups is 1. The van der Waals surface area contributed by atoms with Gasteiger partial charge in [0.1, 0.15) is 0 Å². The minimum Gasteiger partial charge on any atom is -0.311 e. The van der Waals surface area contributed by atoms with E-state index in [1.54, 1.807) is 11.9 Å². The first-order valence-electron chi connectivity index (χ1n) is 7.83. The molecule has 0 unspecified atom stereocenters. The van der Waals surface area contributed by atoms with Crippen LogP contribution >= 0.6 is 39.9 Å². The van der Waals surface area contributed by atoms with Crippen molar-refractivity contribution in [1.29, 1.82) is 0 Å². The predicted molar refractivity (Wildman–Crippen MR) is 113 cm³/mol. The first-order chi connectivity index (χ1) is 12.4. The van der Waals surface area contributed by atoms with Crippen LogP contribution in [-0.4, -0.2) is 23.2 Å². The first-order valence-corrected chi connectivity index (χ1v) is 9.85.